The summed E-state index contributed by atoms with van der Waals surface area (Å²) in [5.74, 6) is 3.80. The maximum absolute atomic E-state index is 6.24. The molecule has 610 valence electrons. The quantitative estimate of drug-likeness (QED) is 0.0941. The van der Waals surface area contributed by atoms with Gasteiger partial charge in [-0.2, -0.15) is 0 Å². The van der Waals surface area contributed by atoms with E-state index in [4.69, 9.17) is 58.0 Å². The Bertz CT molecular complexity index is 7830. The Morgan fingerprint density at radius 3 is 0.812 bits per heavy atom. The molecular weight excluding hydrogens is 1640 g/mol. The molecule has 128 heavy (non-hydrogen) atoms. The van der Waals surface area contributed by atoms with Gasteiger partial charge in [-0.05, 0) is 178 Å². The lowest BCUT2D eigenvalue weighted by molar-refractivity contribution is 0.00578. The van der Waals surface area contributed by atoms with Gasteiger partial charge in [0.05, 0.1) is 33.3 Å². The van der Waals surface area contributed by atoms with Crippen molar-refractivity contribution in [3.63, 3.8) is 0 Å². The summed E-state index contributed by atoms with van der Waals surface area (Å²) in [6.45, 7) is 8.31. The first kappa shape index (κ1) is 79.5. The number of furan rings is 2. The summed E-state index contributed by atoms with van der Waals surface area (Å²) >= 11 is 3.46. The SMILES string of the molecule is Brc1ccc2oc3nc4ccccc4nc3c2c1.CC1(C)OB(c2ccc(-c3ccc(-c4cccc(-c5nc(-c6ccccc6)nc(-c6ccc(-c7ccccc7)cc6)n5)c4)cc3)cc2)OC1(C)C.c1ccc(-c2ccc(-c3nc(-c4ccccc4)nc(-c4cccc(-c5ccc(-c6ccc(-c7ccc8oc9nc%10ccccc%10nc9c8c7)cc6)cc5)c4)n3)cc2)cc1. The Morgan fingerprint density at radius 1 is 0.211 bits per heavy atom. The Labute approximate surface area is 747 Å². The van der Waals surface area contributed by atoms with Crippen LogP contribution in [0.2, 0.25) is 0 Å². The zero-order chi connectivity index (χ0) is 86.2. The van der Waals surface area contributed by atoms with E-state index in [-0.39, 0.29) is 18.3 Å². The van der Waals surface area contributed by atoms with Gasteiger partial charge in [-0.1, -0.05) is 350 Å². The molecule has 1 saturated heterocycles. The molecule has 1 fully saturated rings. The zero-order valence-corrected chi connectivity index (χ0v) is 71.8. The van der Waals surface area contributed by atoms with Crippen LogP contribution in [0, 0.1) is 0 Å². The summed E-state index contributed by atoms with van der Waals surface area (Å²) in [5.41, 5.74) is 29.4. The van der Waals surface area contributed by atoms with Crippen molar-refractivity contribution in [1.29, 1.82) is 0 Å². The summed E-state index contributed by atoms with van der Waals surface area (Å²) in [7, 11) is -0.372. The maximum Gasteiger partial charge on any atom is 0.494 e. The second kappa shape index (κ2) is 34.1. The number of hydrogen-bond acceptors (Lipinski definition) is 14. The Balaban J connectivity index is 0.000000131. The van der Waals surface area contributed by atoms with Crippen LogP contribution in [0.1, 0.15) is 27.7 Å². The van der Waals surface area contributed by atoms with Crippen LogP contribution in [0.4, 0.5) is 0 Å². The van der Waals surface area contributed by atoms with Crippen molar-refractivity contribution in [1.82, 2.24) is 49.8 Å². The van der Waals surface area contributed by atoms with Crippen LogP contribution in [-0.2, 0) is 9.31 Å². The Morgan fingerprint density at radius 2 is 0.453 bits per heavy atom. The monoisotopic (exact) mass is 1720 g/mol. The van der Waals surface area contributed by atoms with E-state index in [1.54, 1.807) is 0 Å². The highest BCUT2D eigenvalue weighted by Crippen LogP contribution is 2.40. The number of nitrogens with zero attached hydrogens (tertiary/aromatic N) is 10. The molecule has 0 amide bonds. The molecule has 0 bridgehead atoms. The van der Waals surface area contributed by atoms with E-state index >= 15 is 0 Å². The third kappa shape index (κ3) is 16.4. The fourth-order valence-electron chi connectivity index (χ4n) is 16.1. The first-order valence-corrected chi connectivity index (χ1v) is 43.3. The van der Waals surface area contributed by atoms with E-state index in [1.165, 1.54) is 11.1 Å². The molecule has 16 heteroatoms. The third-order valence-corrected chi connectivity index (χ3v) is 24.2. The Kier molecular flexibility index (Phi) is 21.2. The molecule has 1 aliphatic rings. The van der Waals surface area contributed by atoms with Crippen LogP contribution in [-0.4, -0.2) is 68.2 Å². The molecule has 22 aromatic rings. The normalized spacial score (nSPS) is 12.8. The van der Waals surface area contributed by atoms with E-state index < -0.39 is 0 Å². The van der Waals surface area contributed by atoms with Crippen LogP contribution in [0.25, 0.3) is 213 Å². The minimum Gasteiger partial charge on any atom is -0.436 e. The van der Waals surface area contributed by atoms with Crippen molar-refractivity contribution < 1.29 is 18.1 Å². The highest BCUT2D eigenvalue weighted by Gasteiger charge is 2.51. The van der Waals surface area contributed by atoms with Gasteiger partial charge in [-0.3, -0.25) is 0 Å². The molecule has 0 N–H and O–H groups in total. The lowest BCUT2D eigenvalue weighted by Gasteiger charge is -2.32. The number of hydrogen-bond donors (Lipinski definition) is 0. The summed E-state index contributed by atoms with van der Waals surface area (Å²) < 4.78 is 25.3. The lowest BCUT2D eigenvalue weighted by atomic mass is 9.78. The molecule has 7 heterocycles. The van der Waals surface area contributed by atoms with Crippen molar-refractivity contribution in [2.45, 2.75) is 38.9 Å². The van der Waals surface area contributed by atoms with E-state index in [2.05, 4.69) is 308 Å². The van der Waals surface area contributed by atoms with Crippen molar-refractivity contribution in [3.05, 3.63) is 405 Å². The van der Waals surface area contributed by atoms with Gasteiger partial charge in [0.25, 0.3) is 0 Å². The smallest absolute Gasteiger partial charge is 0.436 e. The molecule has 16 aromatic carbocycles. The molecule has 6 aromatic heterocycles. The Hall–Kier alpha value is -15.7. The molecule has 0 spiro atoms. The van der Waals surface area contributed by atoms with Crippen molar-refractivity contribution >= 4 is 95.0 Å². The summed E-state index contributed by atoms with van der Waals surface area (Å²) in [6, 6.07) is 137. The number of benzene rings is 16. The summed E-state index contributed by atoms with van der Waals surface area (Å²) in [5, 5.41) is 1.94. The van der Waals surface area contributed by atoms with Crippen LogP contribution in [0.15, 0.2) is 414 Å². The highest BCUT2D eigenvalue weighted by atomic mass is 79.9. The van der Waals surface area contributed by atoms with Crippen molar-refractivity contribution in [3.8, 4) is 146 Å². The zero-order valence-electron chi connectivity index (χ0n) is 70.2. The molecule has 14 nitrogen and oxygen atoms in total. The van der Waals surface area contributed by atoms with Crippen LogP contribution >= 0.6 is 15.9 Å². The predicted molar refractivity (Wildman–Crippen MR) is 521 cm³/mol. The second-order valence-corrected chi connectivity index (χ2v) is 33.5. The molecule has 23 rings (SSSR count). The first-order valence-electron chi connectivity index (χ1n) is 42.5. The maximum atomic E-state index is 6.24. The van der Waals surface area contributed by atoms with Gasteiger partial charge in [0, 0.05) is 48.6 Å². The summed E-state index contributed by atoms with van der Waals surface area (Å²) in [6.07, 6.45) is 0. The average Bonchev–Trinajstić information content (AvgIpc) is 1.63. The fraction of sp³-hybridized carbons (Fsp3) is 0.0536. The van der Waals surface area contributed by atoms with Gasteiger partial charge >= 0.3 is 7.12 Å². The number of fused-ring (bicyclic) bond motifs is 8. The number of halogens is 1. The molecule has 0 unspecified atom stereocenters. The minimum atomic E-state index is -0.372. The molecule has 0 atom stereocenters. The third-order valence-electron chi connectivity index (χ3n) is 23.8. The second-order valence-electron chi connectivity index (χ2n) is 32.6. The molecule has 1 aliphatic heterocycles. The van der Waals surface area contributed by atoms with E-state index in [1.807, 2.05) is 146 Å². The standard InChI is InChI=1S/C53H33N5O.C45H38BN3O2.C14H7BrN2O/c1-3-10-34(11-4-1)35-26-28-41(29-27-35)51-56-50(40-12-5-2-6-13-40)57-52(58-51)44-15-9-14-42(32-44)38-22-18-36(19-23-38)37-20-24-39(25-21-37)43-30-31-48-45(33-43)49-53(59-48)55-47-17-8-7-16-46(47)54-49;1-44(2)45(3,4)51-46(50-44)40-28-26-34(27-29-40)33-18-20-35(21-19-33)38-16-11-17-39(30-38)43-48-41(36-14-9-6-10-15-36)47-42(49-43)37-24-22-32(23-25-37)31-12-7-5-8-13-31;15-8-5-6-12-9(7-8)13-14(18-12)17-11-4-2-1-3-10(11)16-13/h1-33H;5-30H,1-4H3;1-7H. The van der Waals surface area contributed by atoms with Crippen molar-refractivity contribution in [2.24, 2.45) is 0 Å². The number of para-hydroxylation sites is 4. The van der Waals surface area contributed by atoms with Gasteiger partial charge in [0.2, 0.25) is 11.4 Å². The van der Waals surface area contributed by atoms with Gasteiger partial charge in [0.1, 0.15) is 22.2 Å². The highest BCUT2D eigenvalue weighted by molar-refractivity contribution is 9.10. The topological polar surface area (TPSA) is 174 Å². The molecular formula is C112H78BBrN10O4. The molecule has 0 aliphatic carbocycles. The van der Waals surface area contributed by atoms with Gasteiger partial charge < -0.3 is 18.1 Å². The van der Waals surface area contributed by atoms with E-state index in [0.29, 0.717) is 46.4 Å². The van der Waals surface area contributed by atoms with Crippen LogP contribution in [0.5, 0.6) is 0 Å². The average molecular weight is 1720 g/mol. The van der Waals surface area contributed by atoms with E-state index in [9.17, 15) is 0 Å². The predicted octanol–water partition coefficient (Wildman–Crippen LogP) is 27.8. The van der Waals surface area contributed by atoms with Crippen LogP contribution < -0.4 is 5.46 Å². The van der Waals surface area contributed by atoms with Gasteiger partial charge in [-0.15, -0.1) is 0 Å². The molecule has 0 saturated carbocycles. The number of aromatic nitrogens is 10. The van der Waals surface area contributed by atoms with Gasteiger partial charge in [-0.25, -0.2) is 49.8 Å². The number of rotatable bonds is 14. The lowest BCUT2D eigenvalue weighted by Crippen LogP contribution is -2.41. The first-order chi connectivity index (χ1) is 62.7. The summed E-state index contributed by atoms with van der Waals surface area (Å²) in [4.78, 5) is 48.6. The van der Waals surface area contributed by atoms with Gasteiger partial charge in [0.15, 0.2) is 34.9 Å². The molecule has 0 radical (unpaired) electrons. The van der Waals surface area contributed by atoms with Crippen molar-refractivity contribution in [2.75, 3.05) is 0 Å². The fourth-order valence-corrected chi connectivity index (χ4v) is 16.4. The van der Waals surface area contributed by atoms with E-state index in [0.717, 1.165) is 165 Å². The van der Waals surface area contributed by atoms with Crippen LogP contribution in [0.3, 0.4) is 0 Å². The largest absolute Gasteiger partial charge is 0.494 e. The minimum absolute atomic E-state index is 0.367.